The van der Waals surface area contributed by atoms with E-state index >= 15 is 0 Å². The molecule has 3 fully saturated rings. The van der Waals surface area contributed by atoms with E-state index in [4.69, 9.17) is 12.6 Å². The molecule has 25 heavy (non-hydrogen) atoms. The van der Waals surface area contributed by atoms with Crippen LogP contribution in [0.2, 0.25) is 18.9 Å². The highest BCUT2D eigenvalue weighted by Gasteiger charge is 2.45. The van der Waals surface area contributed by atoms with E-state index in [9.17, 15) is 0 Å². The Hall–Kier alpha value is 0.180. The summed E-state index contributed by atoms with van der Waals surface area (Å²) in [7, 11) is 13.2. The molecular weight excluding hydrogens is 301 g/mol. The Bertz CT molecular complexity index is 409. The van der Waals surface area contributed by atoms with Crippen LogP contribution in [-0.2, 0) is 4.74 Å². The predicted molar refractivity (Wildman–Crippen MR) is 110 cm³/mol. The van der Waals surface area contributed by atoms with Gasteiger partial charge in [0.2, 0.25) is 0 Å². The molecule has 3 rings (SSSR count). The van der Waals surface area contributed by atoms with Gasteiger partial charge < -0.3 is 9.37 Å². The highest BCUT2D eigenvalue weighted by atomic mass is 16.5. The van der Waals surface area contributed by atoms with E-state index in [1.807, 2.05) is 0 Å². The summed E-state index contributed by atoms with van der Waals surface area (Å²) >= 11 is 0. The topological polar surface area (TPSA) is 12.5 Å². The summed E-state index contributed by atoms with van der Waals surface area (Å²) in [5, 5.41) is -0.188. The van der Waals surface area contributed by atoms with Gasteiger partial charge in [-0.1, -0.05) is 70.2 Å². The van der Waals surface area contributed by atoms with Crippen LogP contribution in [0, 0.1) is 11.8 Å². The first kappa shape index (κ1) is 19.9. The average Bonchev–Trinajstić information content (AvgIpc) is 2.96. The molecule has 0 bridgehead atoms. The van der Waals surface area contributed by atoms with Gasteiger partial charge in [-0.05, 0) is 37.5 Å². The van der Waals surface area contributed by atoms with Crippen molar-refractivity contribution in [1.29, 1.82) is 0 Å². The van der Waals surface area contributed by atoms with E-state index in [0.717, 1.165) is 31.1 Å². The molecule has 1 saturated heterocycles. The molecule has 0 aromatic carbocycles. The van der Waals surface area contributed by atoms with Crippen LogP contribution in [0.15, 0.2) is 0 Å². The van der Waals surface area contributed by atoms with Gasteiger partial charge in [0.1, 0.15) is 0 Å². The zero-order valence-corrected chi connectivity index (χ0v) is 16.5. The van der Waals surface area contributed by atoms with Crippen molar-refractivity contribution >= 4 is 30.1 Å². The first-order valence-corrected chi connectivity index (χ1v) is 10.8. The maximum Gasteiger partial charge on any atom is 0.180 e. The molecule has 6 heteroatoms. The van der Waals surface area contributed by atoms with Gasteiger partial charge >= 0.3 is 0 Å². The van der Waals surface area contributed by atoms with Gasteiger partial charge in [0.25, 0.3) is 0 Å². The Morgan fingerprint density at radius 1 is 0.800 bits per heavy atom. The summed E-state index contributed by atoms with van der Waals surface area (Å²) in [4.78, 5) is 0. The van der Waals surface area contributed by atoms with Gasteiger partial charge in [-0.15, -0.1) is 0 Å². The molecule has 3 aliphatic rings. The normalized spacial score (nSPS) is 39.8. The van der Waals surface area contributed by atoms with Crippen molar-refractivity contribution in [1.82, 2.24) is 4.63 Å². The largest absolute Gasteiger partial charge is 0.441 e. The van der Waals surface area contributed by atoms with Gasteiger partial charge in [0.15, 0.2) is 22.2 Å². The van der Waals surface area contributed by atoms with Crippen LogP contribution in [0.25, 0.3) is 0 Å². The Kier molecular flexibility index (Phi) is 7.49. The molecule has 0 N–H and O–H groups in total. The van der Waals surface area contributed by atoms with Gasteiger partial charge in [-0.2, -0.15) is 0 Å². The number of hydrogen-bond acceptors (Lipinski definition) is 2. The van der Waals surface area contributed by atoms with Gasteiger partial charge in [0, 0.05) is 0 Å². The van der Waals surface area contributed by atoms with Gasteiger partial charge in [-0.25, -0.2) is 0 Å². The Morgan fingerprint density at radius 3 is 2.12 bits per heavy atom. The highest BCUT2D eigenvalue weighted by Crippen LogP contribution is 2.48. The second-order valence-electron chi connectivity index (χ2n) is 8.64. The molecule has 1 heterocycles. The van der Waals surface area contributed by atoms with Crippen LogP contribution in [0.5, 0.6) is 0 Å². The minimum Gasteiger partial charge on any atom is -0.441 e. The third-order valence-electron chi connectivity index (χ3n) is 6.96. The van der Waals surface area contributed by atoms with E-state index < -0.39 is 0 Å². The van der Waals surface area contributed by atoms with Gasteiger partial charge in [0.05, 0.1) is 20.1 Å². The molecule has 0 amide bonds. The molecule has 5 atom stereocenters. The summed E-state index contributed by atoms with van der Waals surface area (Å²) < 4.78 is 8.78. The zero-order chi connectivity index (χ0) is 17.7. The third-order valence-corrected chi connectivity index (χ3v) is 6.96. The molecule has 5 unspecified atom stereocenters. The van der Waals surface area contributed by atoms with E-state index in [2.05, 4.69) is 40.5 Å². The monoisotopic (exact) mass is 336 g/mol. The van der Waals surface area contributed by atoms with Gasteiger partial charge in [-0.3, -0.25) is 0 Å². The first-order chi connectivity index (χ1) is 12.1. The smallest absolute Gasteiger partial charge is 0.180 e. The summed E-state index contributed by atoms with van der Waals surface area (Å²) in [5.41, 5.74) is 0. The lowest BCUT2D eigenvalue weighted by Gasteiger charge is -2.38. The van der Waals surface area contributed by atoms with Crippen molar-refractivity contribution in [2.45, 2.75) is 108 Å². The maximum absolute atomic E-state index is 6.79. The zero-order valence-electron chi connectivity index (χ0n) is 16.5. The Balaban J connectivity index is 1.62. The molecule has 5 radical (unpaired) electrons. The second kappa shape index (κ2) is 9.40. The molecule has 0 aromatic rings. The summed E-state index contributed by atoms with van der Waals surface area (Å²) in [6.45, 7) is 4.14. The number of hydrogen-bond donors (Lipinski definition) is 0. The van der Waals surface area contributed by atoms with Crippen LogP contribution in [0.4, 0.5) is 0 Å². The molecule has 133 valence electrons. The molecule has 2 nitrogen and oxygen atoms in total. The summed E-state index contributed by atoms with van der Waals surface area (Å²) in [5.74, 6) is 1.61. The number of fused-ring (bicyclic) bond motifs is 3. The van der Waals surface area contributed by atoms with Crippen LogP contribution in [0.3, 0.4) is 0 Å². The summed E-state index contributed by atoms with van der Waals surface area (Å²) in [6, 6.07) is 0. The lowest BCUT2D eigenvalue weighted by molar-refractivity contribution is 0.0144. The van der Waals surface area contributed by atoms with E-state index in [-0.39, 0.29) is 5.21 Å². The summed E-state index contributed by atoms with van der Waals surface area (Å²) in [6.07, 6.45) is 16.5. The van der Waals surface area contributed by atoms with Crippen LogP contribution in [-0.4, -0.2) is 46.9 Å². The van der Waals surface area contributed by atoms with Crippen molar-refractivity contribution < 1.29 is 4.74 Å². The van der Waals surface area contributed by atoms with Crippen molar-refractivity contribution in [3.63, 3.8) is 0 Å². The van der Waals surface area contributed by atoms with Crippen LogP contribution >= 0.6 is 0 Å². The minimum atomic E-state index is -0.188. The molecular formula is C19H34B4NO. The minimum absolute atomic E-state index is 0.188. The Morgan fingerprint density at radius 2 is 1.40 bits per heavy atom. The molecule has 0 spiro atoms. The van der Waals surface area contributed by atoms with E-state index in [1.54, 1.807) is 0 Å². The van der Waals surface area contributed by atoms with E-state index in [1.165, 1.54) is 57.8 Å². The highest BCUT2D eigenvalue weighted by molar-refractivity contribution is 6.69. The fraction of sp³-hybridized carbons (Fsp3) is 1.00. The van der Waals surface area contributed by atoms with Crippen LogP contribution < -0.4 is 0 Å². The lowest BCUT2D eigenvalue weighted by Crippen LogP contribution is -2.41. The van der Waals surface area contributed by atoms with Crippen LogP contribution in [0.1, 0.15) is 77.0 Å². The van der Waals surface area contributed by atoms with Crippen molar-refractivity contribution in [2.75, 3.05) is 0 Å². The van der Waals surface area contributed by atoms with E-state index in [0.29, 0.717) is 12.2 Å². The van der Waals surface area contributed by atoms with Crippen molar-refractivity contribution in [3.8, 4) is 0 Å². The fourth-order valence-corrected chi connectivity index (χ4v) is 5.52. The first-order valence-electron chi connectivity index (χ1n) is 10.8. The van der Waals surface area contributed by atoms with Crippen molar-refractivity contribution in [2.24, 2.45) is 11.8 Å². The molecule has 2 aliphatic carbocycles. The molecule has 2 saturated carbocycles. The van der Waals surface area contributed by atoms with Crippen molar-refractivity contribution in [3.05, 3.63) is 0 Å². The quantitative estimate of drug-likeness (QED) is 0.713. The number of nitrogens with zero attached hydrogens (tertiary/aromatic N) is 1. The standard InChI is InChI=1S/C19H34B4NO/c1-21-24(22-2)23-19(20)13-8-10-16-15-9-6-4-3-5-7-11-17(15)25-18(16)12-14-19/h15-18H,3-14H2,1-2H3. The third kappa shape index (κ3) is 5.12. The lowest BCUT2D eigenvalue weighted by atomic mass is 9.40. The predicted octanol–water partition coefficient (Wildman–Crippen LogP) is 4.24. The number of ether oxygens (including phenoxy) is 1. The fourth-order valence-electron chi connectivity index (χ4n) is 5.52. The molecule has 1 aliphatic heterocycles. The molecule has 0 aromatic heterocycles. The SMILES string of the molecule is [B]C1([B]N([B]C)[B]C)CCCC2C(CC1)OC1CCCCCCCC12. The Labute approximate surface area is 159 Å². The number of rotatable bonds is 4. The second-order valence-corrected chi connectivity index (χ2v) is 8.64. The maximum atomic E-state index is 6.79. The average molecular weight is 336 g/mol.